The number of hydrogen-bond acceptors (Lipinski definition) is 3. The van der Waals surface area contributed by atoms with E-state index in [1.54, 1.807) is 13.2 Å². The molecule has 0 bridgehead atoms. The van der Waals surface area contributed by atoms with Crippen molar-refractivity contribution in [2.45, 2.75) is 0 Å². The van der Waals surface area contributed by atoms with Gasteiger partial charge in [0.25, 0.3) is 0 Å². The van der Waals surface area contributed by atoms with Crippen LogP contribution in [0, 0.1) is 0 Å². The largest absolute Gasteiger partial charge is 0.496 e. The van der Waals surface area contributed by atoms with Gasteiger partial charge in [-0.25, -0.2) is 4.79 Å². The Bertz CT molecular complexity index is 399. The quantitative estimate of drug-likeness (QED) is 0.368. The van der Waals surface area contributed by atoms with Gasteiger partial charge in [0, 0.05) is 15.6 Å². The number of methoxy groups -OCH3 is 2. The zero-order valence-electron chi connectivity index (χ0n) is 9.20. The van der Waals surface area contributed by atoms with Gasteiger partial charge in [-0.1, -0.05) is 40.8 Å². The van der Waals surface area contributed by atoms with Gasteiger partial charge >= 0.3 is 5.97 Å². The molecule has 4 heteroatoms. The molecule has 0 spiro atoms. The normalized spacial score (nSPS) is 11.1. The maximum atomic E-state index is 11.4. The van der Waals surface area contributed by atoms with Crippen LogP contribution in [-0.4, -0.2) is 24.6 Å². The summed E-state index contributed by atoms with van der Waals surface area (Å²) in [5.74, 6) is 0.439. The van der Waals surface area contributed by atoms with E-state index in [0.29, 0.717) is 10.0 Å². The minimum Gasteiger partial charge on any atom is -0.496 e. The number of para-hydroxylation sites is 1. The number of hydrogen-bond donors (Lipinski definition) is 0. The summed E-state index contributed by atoms with van der Waals surface area (Å²) in [6.07, 6.45) is 1.79. The van der Waals surface area contributed by atoms with Crippen LogP contribution in [-0.2, 0) is 9.53 Å². The number of rotatable bonds is 4. The molecule has 0 radical (unpaired) electrons. The average molecular weight is 332 g/mol. The van der Waals surface area contributed by atoms with Crippen LogP contribution in [0.1, 0.15) is 5.56 Å². The van der Waals surface area contributed by atoms with Crippen molar-refractivity contribution in [3.8, 4) is 5.75 Å². The van der Waals surface area contributed by atoms with E-state index in [1.165, 1.54) is 7.11 Å². The van der Waals surface area contributed by atoms with Crippen LogP contribution in [0.3, 0.4) is 0 Å². The van der Waals surface area contributed by atoms with E-state index < -0.39 is 0 Å². The van der Waals surface area contributed by atoms with Crippen LogP contribution in [0.5, 0.6) is 5.75 Å². The second kappa shape index (κ2) is 6.52. The molecule has 0 heterocycles. The first-order valence-electron chi connectivity index (χ1n) is 4.70. The molecule has 0 aliphatic heterocycles. The van der Waals surface area contributed by atoms with E-state index in [2.05, 4.69) is 22.6 Å². The first-order valence-corrected chi connectivity index (χ1v) is 6.23. The highest BCUT2D eigenvalue weighted by Gasteiger charge is 2.09. The molecular formula is C12H13IO3. The molecule has 86 valence electrons. The van der Waals surface area contributed by atoms with E-state index >= 15 is 0 Å². The Kier molecular flexibility index (Phi) is 5.31. The Morgan fingerprint density at radius 3 is 2.62 bits per heavy atom. The highest BCUT2D eigenvalue weighted by atomic mass is 127. The van der Waals surface area contributed by atoms with Crippen LogP contribution >= 0.6 is 22.6 Å². The minimum atomic E-state index is -0.305. The third-order valence-electron chi connectivity index (χ3n) is 2.06. The van der Waals surface area contributed by atoms with Crippen molar-refractivity contribution >= 4 is 34.6 Å². The number of ether oxygens (including phenoxy) is 2. The molecule has 0 saturated heterocycles. The number of halogens is 1. The van der Waals surface area contributed by atoms with Crippen LogP contribution in [0.15, 0.2) is 29.8 Å². The number of alkyl halides is 1. The van der Waals surface area contributed by atoms with E-state index in [9.17, 15) is 4.79 Å². The molecule has 0 unspecified atom stereocenters. The van der Waals surface area contributed by atoms with Crippen molar-refractivity contribution in [1.29, 1.82) is 0 Å². The van der Waals surface area contributed by atoms with Crippen LogP contribution in [0.2, 0.25) is 0 Å². The molecule has 0 aliphatic carbocycles. The topological polar surface area (TPSA) is 35.5 Å². The predicted octanol–water partition coefficient (Wildman–Crippen LogP) is 2.69. The average Bonchev–Trinajstić information content (AvgIpc) is 2.35. The molecule has 1 rings (SSSR count). The molecule has 1 aromatic carbocycles. The van der Waals surface area contributed by atoms with Gasteiger partial charge in [-0.3, -0.25) is 0 Å². The summed E-state index contributed by atoms with van der Waals surface area (Å²) < 4.78 is 10.5. The van der Waals surface area contributed by atoms with Gasteiger partial charge in [0.1, 0.15) is 5.75 Å². The van der Waals surface area contributed by atoms with E-state index in [4.69, 9.17) is 9.47 Å². The van der Waals surface area contributed by atoms with Crippen LogP contribution in [0.25, 0.3) is 6.08 Å². The van der Waals surface area contributed by atoms with Crippen molar-refractivity contribution in [1.82, 2.24) is 0 Å². The monoisotopic (exact) mass is 332 g/mol. The lowest BCUT2D eigenvalue weighted by Crippen LogP contribution is -2.05. The van der Waals surface area contributed by atoms with Crippen molar-refractivity contribution in [3.63, 3.8) is 0 Å². The van der Waals surface area contributed by atoms with Crippen molar-refractivity contribution < 1.29 is 14.3 Å². The van der Waals surface area contributed by atoms with Crippen LogP contribution < -0.4 is 4.74 Å². The zero-order chi connectivity index (χ0) is 12.0. The summed E-state index contributed by atoms with van der Waals surface area (Å²) in [5.41, 5.74) is 1.50. The summed E-state index contributed by atoms with van der Waals surface area (Å²) in [5, 5.41) is 0. The SMILES string of the molecule is COC(=O)/C(=C/c1ccccc1OC)CI. The van der Waals surface area contributed by atoms with Gasteiger partial charge in [-0.05, 0) is 12.1 Å². The Morgan fingerprint density at radius 2 is 2.06 bits per heavy atom. The lowest BCUT2D eigenvalue weighted by Gasteiger charge is -2.06. The first-order chi connectivity index (χ1) is 7.72. The molecule has 16 heavy (non-hydrogen) atoms. The molecule has 3 nitrogen and oxygen atoms in total. The predicted molar refractivity (Wildman–Crippen MR) is 71.9 cm³/mol. The highest BCUT2D eigenvalue weighted by molar-refractivity contribution is 14.1. The molecular weight excluding hydrogens is 319 g/mol. The summed E-state index contributed by atoms with van der Waals surface area (Å²) in [7, 11) is 2.99. The maximum absolute atomic E-state index is 11.4. The third-order valence-corrected chi connectivity index (χ3v) is 2.88. The van der Waals surface area contributed by atoms with Gasteiger partial charge in [-0.15, -0.1) is 0 Å². The first kappa shape index (κ1) is 13.0. The molecule has 0 amide bonds. The van der Waals surface area contributed by atoms with Crippen molar-refractivity contribution in [2.24, 2.45) is 0 Å². The lowest BCUT2D eigenvalue weighted by molar-refractivity contribution is -0.135. The van der Waals surface area contributed by atoms with Gasteiger partial charge in [0.15, 0.2) is 0 Å². The Balaban J connectivity index is 3.08. The standard InChI is InChI=1S/C12H13IO3/c1-15-11-6-4-3-5-9(11)7-10(8-13)12(14)16-2/h3-7H,8H2,1-2H3/b10-7+. The van der Waals surface area contributed by atoms with Gasteiger partial charge < -0.3 is 9.47 Å². The lowest BCUT2D eigenvalue weighted by atomic mass is 10.1. The summed E-state index contributed by atoms with van der Waals surface area (Å²) >= 11 is 2.13. The molecule has 0 N–H and O–H groups in total. The summed E-state index contributed by atoms with van der Waals surface area (Å²) in [4.78, 5) is 11.4. The Hall–Kier alpha value is -1.04. The fraction of sp³-hybridized carbons (Fsp3) is 0.250. The highest BCUT2D eigenvalue weighted by Crippen LogP contribution is 2.21. The smallest absolute Gasteiger partial charge is 0.334 e. The van der Waals surface area contributed by atoms with E-state index in [-0.39, 0.29) is 5.97 Å². The fourth-order valence-electron chi connectivity index (χ4n) is 1.26. The van der Waals surface area contributed by atoms with Crippen molar-refractivity contribution in [3.05, 3.63) is 35.4 Å². The molecule has 1 aromatic rings. The number of esters is 1. The van der Waals surface area contributed by atoms with Crippen LogP contribution in [0.4, 0.5) is 0 Å². The van der Waals surface area contributed by atoms with Gasteiger partial charge in [0.2, 0.25) is 0 Å². The molecule has 0 saturated carbocycles. The number of benzene rings is 1. The summed E-state index contributed by atoms with van der Waals surface area (Å²) in [6, 6.07) is 7.54. The summed E-state index contributed by atoms with van der Waals surface area (Å²) in [6.45, 7) is 0. The van der Waals surface area contributed by atoms with Gasteiger partial charge in [0.05, 0.1) is 14.2 Å². The Morgan fingerprint density at radius 1 is 1.38 bits per heavy atom. The van der Waals surface area contributed by atoms with E-state index in [1.807, 2.05) is 24.3 Å². The second-order valence-corrected chi connectivity index (χ2v) is 3.80. The molecule has 0 fully saturated rings. The molecule has 0 aliphatic rings. The van der Waals surface area contributed by atoms with Crippen molar-refractivity contribution in [2.75, 3.05) is 18.6 Å². The van der Waals surface area contributed by atoms with E-state index in [0.717, 1.165) is 11.3 Å². The van der Waals surface area contributed by atoms with Gasteiger partial charge in [-0.2, -0.15) is 0 Å². The molecule has 0 atom stereocenters. The number of carbonyl (C=O) groups excluding carboxylic acids is 1. The third kappa shape index (κ3) is 3.23. The fourth-order valence-corrected chi connectivity index (χ4v) is 1.79. The molecule has 0 aromatic heterocycles. The Labute approximate surface area is 109 Å². The second-order valence-electron chi connectivity index (χ2n) is 3.04. The zero-order valence-corrected chi connectivity index (χ0v) is 11.4. The number of carbonyl (C=O) groups is 1. The maximum Gasteiger partial charge on any atom is 0.334 e. The minimum absolute atomic E-state index is 0.305.